The highest BCUT2D eigenvalue weighted by Gasteiger charge is 2.54. The van der Waals surface area contributed by atoms with Crippen molar-refractivity contribution in [3.05, 3.63) is 0 Å². The molecule has 2 rings (SSSR count). The first kappa shape index (κ1) is 41.1. The van der Waals surface area contributed by atoms with Crippen LogP contribution in [-0.2, 0) is 23.9 Å². The molecule has 0 aromatic heterocycles. The van der Waals surface area contributed by atoms with Crippen molar-refractivity contribution in [3.8, 4) is 0 Å². The molecular weight excluding hydrogens is 524 g/mol. The van der Waals surface area contributed by atoms with E-state index < -0.39 is 17.6 Å². The number of hydrogen-bond donors (Lipinski definition) is 4. The maximum Gasteiger partial charge on any atom is 0.239 e. The van der Waals surface area contributed by atoms with Gasteiger partial charge in [0, 0.05) is 6.04 Å². The van der Waals surface area contributed by atoms with Crippen molar-refractivity contribution in [2.45, 2.75) is 131 Å². The number of carbonyl (C=O) groups excluding carboxylic acids is 4. The smallest absolute Gasteiger partial charge is 0.239 e. The fourth-order valence-electron chi connectivity index (χ4n) is 4.56. The maximum atomic E-state index is 12.6. The molecule has 10 heteroatoms. The maximum absolute atomic E-state index is 12.6. The van der Waals surface area contributed by atoms with Gasteiger partial charge in [-0.15, -0.1) is 0 Å². The second-order valence-electron chi connectivity index (χ2n) is 10.9. The van der Waals surface area contributed by atoms with E-state index in [1.165, 1.54) is 12.8 Å². The highest BCUT2D eigenvalue weighted by Crippen LogP contribution is 2.33. The van der Waals surface area contributed by atoms with E-state index in [0.29, 0.717) is 25.3 Å². The molecule has 242 valence electrons. The standard InChI is InChI=1S/C15H24N2O5.C11H24N2O.C3H8.C2H6/c18-8-15(9-22-15)14(21)12(17-13(20)7-16-10-19)6-11-4-2-1-3-5-11;1-5-7-13(8-6-2)9-11(14)12-10(3)4;1-3-2;1-2/h10-12,18H,1-9H2,(H,16,19)(H,17,20);10H,5-9H2,1-4H3,(H,12,14);3H2,1-2H3;1-2H3/t12-,15+;;;/m0.../s1. The van der Waals surface area contributed by atoms with Gasteiger partial charge in [0.2, 0.25) is 18.2 Å². The van der Waals surface area contributed by atoms with Gasteiger partial charge >= 0.3 is 0 Å². The van der Waals surface area contributed by atoms with Crippen molar-refractivity contribution in [1.82, 2.24) is 20.9 Å². The van der Waals surface area contributed by atoms with E-state index in [2.05, 4.69) is 48.5 Å². The second-order valence-corrected chi connectivity index (χ2v) is 10.9. The van der Waals surface area contributed by atoms with Gasteiger partial charge in [-0.1, -0.05) is 80.1 Å². The van der Waals surface area contributed by atoms with E-state index in [1.807, 2.05) is 27.7 Å². The Morgan fingerprint density at radius 3 is 1.93 bits per heavy atom. The monoisotopic (exact) mass is 586 g/mol. The molecule has 0 spiro atoms. The summed E-state index contributed by atoms with van der Waals surface area (Å²) in [6.45, 7) is 18.8. The van der Waals surface area contributed by atoms with Crippen molar-refractivity contribution in [3.63, 3.8) is 0 Å². The molecule has 1 saturated heterocycles. The van der Waals surface area contributed by atoms with Crippen molar-refractivity contribution in [2.24, 2.45) is 5.92 Å². The number of ketones is 1. The zero-order chi connectivity index (χ0) is 31.7. The van der Waals surface area contributed by atoms with E-state index in [1.54, 1.807) is 0 Å². The number of aliphatic hydroxyl groups excluding tert-OH is 1. The highest BCUT2D eigenvalue weighted by atomic mass is 16.6. The predicted octanol–water partition coefficient (Wildman–Crippen LogP) is 3.59. The SMILES string of the molecule is CC.CCC.CCCN(CCC)CC(=O)NC(C)C.O=CNCC(=O)N[C@@H](CC1CCCCC1)C(=O)[C@@]1(CO)CO1. The number of Topliss-reactive ketones (excluding diaryl/α,β-unsaturated/α-hetero) is 1. The van der Waals surface area contributed by atoms with E-state index in [0.717, 1.165) is 51.6 Å². The van der Waals surface area contributed by atoms with Crippen molar-refractivity contribution in [1.29, 1.82) is 0 Å². The Kier molecular flexibility index (Phi) is 25.7. The lowest BCUT2D eigenvalue weighted by atomic mass is 9.82. The fourth-order valence-corrected chi connectivity index (χ4v) is 4.56. The Labute approximate surface area is 250 Å². The molecule has 0 unspecified atom stereocenters. The molecular formula is C31H62N4O6. The Hall–Kier alpha value is -2.04. The molecule has 41 heavy (non-hydrogen) atoms. The van der Waals surface area contributed by atoms with Crippen LogP contribution >= 0.6 is 0 Å². The average Bonchev–Trinajstić information content (AvgIpc) is 3.75. The quantitative estimate of drug-likeness (QED) is 0.160. The first-order chi connectivity index (χ1) is 19.6. The third-order valence-corrected chi connectivity index (χ3v) is 6.39. The molecule has 2 aliphatic rings. The summed E-state index contributed by atoms with van der Waals surface area (Å²) in [4.78, 5) is 48.3. The Morgan fingerprint density at radius 1 is 0.976 bits per heavy atom. The van der Waals surface area contributed by atoms with Gasteiger partial charge in [0.05, 0.1) is 32.3 Å². The summed E-state index contributed by atoms with van der Waals surface area (Å²) in [6, 6.07) is -0.425. The number of rotatable bonds is 16. The van der Waals surface area contributed by atoms with E-state index in [-0.39, 0.29) is 37.5 Å². The van der Waals surface area contributed by atoms with Gasteiger partial charge in [-0.3, -0.25) is 24.1 Å². The summed E-state index contributed by atoms with van der Waals surface area (Å²) >= 11 is 0. The normalized spacial score (nSPS) is 18.3. The minimum absolute atomic E-state index is 0.141. The number of carbonyl (C=O) groups is 4. The summed E-state index contributed by atoms with van der Waals surface area (Å²) in [6.07, 6.45) is 10.1. The first-order valence-corrected chi connectivity index (χ1v) is 15.9. The largest absolute Gasteiger partial charge is 0.393 e. The Morgan fingerprint density at radius 2 is 1.51 bits per heavy atom. The Balaban J connectivity index is 0. The molecule has 0 radical (unpaired) electrons. The number of amides is 3. The van der Waals surface area contributed by atoms with Gasteiger partial charge < -0.3 is 25.8 Å². The van der Waals surface area contributed by atoms with Crippen LogP contribution in [0.4, 0.5) is 0 Å². The minimum Gasteiger partial charge on any atom is -0.393 e. The van der Waals surface area contributed by atoms with Crippen molar-refractivity contribution >= 4 is 24.0 Å². The van der Waals surface area contributed by atoms with Crippen LogP contribution in [0.25, 0.3) is 0 Å². The molecule has 1 aliphatic carbocycles. The fraction of sp³-hybridized carbons (Fsp3) is 0.871. The molecule has 0 aromatic carbocycles. The molecule has 0 bridgehead atoms. The molecule has 1 aliphatic heterocycles. The third-order valence-electron chi connectivity index (χ3n) is 6.39. The Bertz CT molecular complexity index is 688. The summed E-state index contributed by atoms with van der Waals surface area (Å²) in [5.41, 5.74) is -1.13. The number of nitrogens with one attached hydrogen (secondary N) is 3. The lowest BCUT2D eigenvalue weighted by Gasteiger charge is -2.27. The van der Waals surface area contributed by atoms with E-state index in [4.69, 9.17) is 4.74 Å². The third kappa shape index (κ3) is 19.7. The van der Waals surface area contributed by atoms with Gasteiger partial charge in [-0.2, -0.15) is 0 Å². The summed E-state index contributed by atoms with van der Waals surface area (Å²) in [5.74, 6) is -0.131. The molecule has 3 amide bonds. The van der Waals surface area contributed by atoms with Crippen LogP contribution in [0.15, 0.2) is 0 Å². The number of nitrogens with zero attached hydrogens (tertiary/aromatic N) is 1. The van der Waals surface area contributed by atoms with Crippen LogP contribution in [0.2, 0.25) is 0 Å². The van der Waals surface area contributed by atoms with Crippen LogP contribution in [-0.4, -0.2) is 91.1 Å². The van der Waals surface area contributed by atoms with Crippen LogP contribution < -0.4 is 16.0 Å². The highest BCUT2D eigenvalue weighted by molar-refractivity contribution is 5.97. The summed E-state index contributed by atoms with van der Waals surface area (Å²) < 4.78 is 5.12. The minimum atomic E-state index is -1.13. The van der Waals surface area contributed by atoms with Gasteiger partial charge in [-0.05, 0) is 52.1 Å². The van der Waals surface area contributed by atoms with Gasteiger partial charge in [0.25, 0.3) is 0 Å². The summed E-state index contributed by atoms with van der Waals surface area (Å²) in [5, 5.41) is 17.2. The number of hydrogen-bond acceptors (Lipinski definition) is 7. The van der Waals surface area contributed by atoms with Crippen LogP contribution in [0.5, 0.6) is 0 Å². The van der Waals surface area contributed by atoms with Crippen LogP contribution in [0, 0.1) is 5.92 Å². The number of epoxide rings is 1. The zero-order valence-electron chi connectivity index (χ0n) is 27.4. The van der Waals surface area contributed by atoms with Crippen molar-refractivity contribution < 1.29 is 29.0 Å². The van der Waals surface area contributed by atoms with E-state index >= 15 is 0 Å². The molecule has 10 nitrogen and oxygen atoms in total. The lowest BCUT2D eigenvalue weighted by Crippen LogP contribution is -2.50. The number of aliphatic hydroxyl groups is 1. The zero-order valence-corrected chi connectivity index (χ0v) is 27.4. The van der Waals surface area contributed by atoms with Gasteiger partial charge in [0.15, 0.2) is 11.4 Å². The van der Waals surface area contributed by atoms with Gasteiger partial charge in [-0.25, -0.2) is 0 Å². The molecule has 0 aromatic rings. The second kappa shape index (κ2) is 25.7. The topological polar surface area (TPSA) is 140 Å². The predicted molar refractivity (Wildman–Crippen MR) is 166 cm³/mol. The van der Waals surface area contributed by atoms with Crippen LogP contribution in [0.3, 0.4) is 0 Å². The molecule has 1 heterocycles. The first-order valence-electron chi connectivity index (χ1n) is 15.9. The molecule has 4 N–H and O–H groups in total. The lowest BCUT2D eigenvalue weighted by molar-refractivity contribution is -0.132. The van der Waals surface area contributed by atoms with E-state index in [9.17, 15) is 24.3 Å². The van der Waals surface area contributed by atoms with Crippen molar-refractivity contribution in [2.75, 3.05) is 39.4 Å². The van der Waals surface area contributed by atoms with Crippen LogP contribution in [0.1, 0.15) is 113 Å². The summed E-state index contributed by atoms with van der Waals surface area (Å²) in [7, 11) is 0. The molecule has 1 saturated carbocycles. The molecule has 2 fully saturated rings. The number of ether oxygens (including phenoxy) is 1. The molecule has 2 atom stereocenters. The van der Waals surface area contributed by atoms with Gasteiger partial charge in [0.1, 0.15) is 0 Å². The average molecular weight is 587 g/mol.